The Kier molecular flexibility index (Phi) is 7.30. The van der Waals surface area contributed by atoms with Gasteiger partial charge >= 0.3 is 5.97 Å². The van der Waals surface area contributed by atoms with Gasteiger partial charge in [-0.05, 0) is 56.5 Å². The van der Waals surface area contributed by atoms with Gasteiger partial charge in [-0.3, -0.25) is 24.6 Å². The number of carbonyl (C=O) groups is 2. The normalized spacial score (nSPS) is 11.1. The molecule has 0 unspecified atom stereocenters. The molecule has 4 rings (SSSR count). The SMILES string of the molecule is COC(=O)c1ccc2nc(NC(=O)c3cc(C)nc(-c4c[nH]n(C)c4=O)c3)n(CCCCCO)c2c1. The molecule has 0 atom stereocenters. The molecule has 0 saturated heterocycles. The molecule has 0 radical (unpaired) electrons. The number of carbonyl (C=O) groups excluding carboxylic acids is 2. The van der Waals surface area contributed by atoms with Crippen LogP contribution in [0, 0.1) is 6.92 Å². The van der Waals surface area contributed by atoms with Crippen molar-refractivity contribution in [3.63, 3.8) is 0 Å². The predicted molar refractivity (Wildman–Crippen MR) is 134 cm³/mol. The summed E-state index contributed by atoms with van der Waals surface area (Å²) in [6.07, 6.45) is 3.75. The Labute approximate surface area is 206 Å². The van der Waals surface area contributed by atoms with Crippen LogP contribution >= 0.6 is 0 Å². The van der Waals surface area contributed by atoms with Crippen molar-refractivity contribution in [1.82, 2.24) is 24.3 Å². The van der Waals surface area contributed by atoms with Gasteiger partial charge in [0.2, 0.25) is 5.95 Å². The van der Waals surface area contributed by atoms with E-state index in [2.05, 4.69) is 20.4 Å². The fourth-order valence-electron chi connectivity index (χ4n) is 4.01. The predicted octanol–water partition coefficient (Wildman–Crippen LogP) is 2.64. The van der Waals surface area contributed by atoms with Gasteiger partial charge in [0, 0.05) is 37.7 Å². The van der Waals surface area contributed by atoms with Crippen molar-refractivity contribution in [1.29, 1.82) is 0 Å². The van der Waals surface area contributed by atoms with E-state index in [1.54, 1.807) is 50.5 Å². The number of nitrogens with one attached hydrogen (secondary N) is 2. The van der Waals surface area contributed by atoms with Crippen molar-refractivity contribution in [3.8, 4) is 11.3 Å². The fourth-order valence-corrected chi connectivity index (χ4v) is 4.01. The average molecular weight is 493 g/mol. The number of hydrogen-bond donors (Lipinski definition) is 3. The van der Waals surface area contributed by atoms with E-state index in [1.165, 1.54) is 11.8 Å². The van der Waals surface area contributed by atoms with Gasteiger partial charge in [0.25, 0.3) is 11.5 Å². The van der Waals surface area contributed by atoms with E-state index in [9.17, 15) is 14.4 Å². The van der Waals surface area contributed by atoms with Gasteiger partial charge in [-0.15, -0.1) is 0 Å². The molecule has 0 bridgehead atoms. The van der Waals surface area contributed by atoms with Gasteiger partial charge in [-0.2, -0.15) is 0 Å². The van der Waals surface area contributed by atoms with E-state index in [4.69, 9.17) is 9.84 Å². The molecule has 0 saturated carbocycles. The number of pyridine rings is 1. The summed E-state index contributed by atoms with van der Waals surface area (Å²) in [6, 6.07) is 8.22. The Hall–Kier alpha value is -4.25. The summed E-state index contributed by atoms with van der Waals surface area (Å²) >= 11 is 0. The molecule has 3 heterocycles. The molecule has 188 valence electrons. The number of fused-ring (bicyclic) bond motifs is 1. The number of aromatic nitrogens is 5. The number of aliphatic hydroxyl groups is 1. The number of unbranched alkanes of at least 4 members (excludes halogenated alkanes) is 2. The second-order valence-corrected chi connectivity index (χ2v) is 8.45. The van der Waals surface area contributed by atoms with Gasteiger partial charge in [-0.25, -0.2) is 9.78 Å². The van der Waals surface area contributed by atoms with Crippen LogP contribution in [0.2, 0.25) is 0 Å². The quantitative estimate of drug-likeness (QED) is 0.241. The van der Waals surface area contributed by atoms with Crippen molar-refractivity contribution >= 4 is 28.9 Å². The molecule has 0 spiro atoms. The minimum Gasteiger partial charge on any atom is -0.465 e. The van der Waals surface area contributed by atoms with Crippen LogP contribution in [0.1, 0.15) is 45.7 Å². The van der Waals surface area contributed by atoms with Crippen molar-refractivity contribution in [2.45, 2.75) is 32.7 Å². The Morgan fingerprint density at radius 1 is 1.11 bits per heavy atom. The molecule has 0 fully saturated rings. The standard InChI is InChI=1S/C25H28N6O5/c1-15-11-17(12-20(27-15)18-14-26-30(2)23(18)34)22(33)29-25-28-19-8-7-16(24(35)36-3)13-21(19)31(25)9-5-4-6-10-32/h7-8,11-14,26,32H,4-6,9-10H2,1-3H3,(H,28,29,33). The maximum absolute atomic E-state index is 13.3. The smallest absolute Gasteiger partial charge is 0.337 e. The van der Waals surface area contributed by atoms with E-state index in [1.807, 2.05) is 4.57 Å². The number of aryl methyl sites for hydroxylation is 3. The third-order valence-electron chi connectivity index (χ3n) is 5.86. The van der Waals surface area contributed by atoms with Crippen molar-refractivity contribution in [2.75, 3.05) is 19.0 Å². The van der Waals surface area contributed by atoms with E-state index < -0.39 is 11.9 Å². The summed E-state index contributed by atoms with van der Waals surface area (Å²) in [7, 11) is 2.92. The number of H-pyrrole nitrogens is 1. The number of anilines is 1. The third kappa shape index (κ3) is 5.05. The molecule has 36 heavy (non-hydrogen) atoms. The Morgan fingerprint density at radius 3 is 2.61 bits per heavy atom. The van der Waals surface area contributed by atoms with E-state index in [-0.39, 0.29) is 12.2 Å². The monoisotopic (exact) mass is 492 g/mol. The highest BCUT2D eigenvalue weighted by Crippen LogP contribution is 2.24. The number of aromatic amines is 1. The number of ether oxygens (including phenoxy) is 1. The van der Waals surface area contributed by atoms with E-state index in [0.29, 0.717) is 58.0 Å². The highest BCUT2D eigenvalue weighted by molar-refractivity contribution is 6.05. The lowest BCUT2D eigenvalue weighted by Crippen LogP contribution is -2.17. The van der Waals surface area contributed by atoms with E-state index in [0.717, 1.165) is 12.8 Å². The minimum atomic E-state index is -0.466. The van der Waals surface area contributed by atoms with Gasteiger partial charge in [-0.1, -0.05) is 0 Å². The van der Waals surface area contributed by atoms with Crippen molar-refractivity contribution in [3.05, 3.63) is 63.7 Å². The summed E-state index contributed by atoms with van der Waals surface area (Å²) < 4.78 is 8.01. The number of rotatable bonds is 9. The molecule has 3 N–H and O–H groups in total. The highest BCUT2D eigenvalue weighted by Gasteiger charge is 2.18. The maximum Gasteiger partial charge on any atom is 0.337 e. The summed E-state index contributed by atoms with van der Waals surface area (Å²) in [4.78, 5) is 46.7. The molecule has 11 nitrogen and oxygen atoms in total. The van der Waals surface area contributed by atoms with Crippen LogP contribution in [-0.4, -0.2) is 55.0 Å². The first-order valence-electron chi connectivity index (χ1n) is 11.6. The number of aliphatic hydroxyl groups excluding tert-OH is 1. The van der Waals surface area contributed by atoms with Gasteiger partial charge in [0.05, 0.1) is 35.0 Å². The minimum absolute atomic E-state index is 0.106. The number of esters is 1. The molecule has 0 aliphatic carbocycles. The highest BCUT2D eigenvalue weighted by atomic mass is 16.5. The first-order chi connectivity index (χ1) is 17.3. The second-order valence-electron chi connectivity index (χ2n) is 8.45. The van der Waals surface area contributed by atoms with Gasteiger partial charge in [0.1, 0.15) is 0 Å². The lowest BCUT2D eigenvalue weighted by atomic mass is 10.1. The number of imidazole rings is 1. The van der Waals surface area contributed by atoms with Crippen LogP contribution in [0.3, 0.4) is 0 Å². The van der Waals surface area contributed by atoms with Crippen LogP contribution in [0.5, 0.6) is 0 Å². The van der Waals surface area contributed by atoms with Crippen LogP contribution in [-0.2, 0) is 18.3 Å². The lowest BCUT2D eigenvalue weighted by molar-refractivity contribution is 0.0600. The summed E-state index contributed by atoms with van der Waals surface area (Å²) in [5, 5.41) is 14.8. The maximum atomic E-state index is 13.3. The van der Waals surface area contributed by atoms with Crippen LogP contribution < -0.4 is 10.9 Å². The number of methoxy groups -OCH3 is 1. The largest absolute Gasteiger partial charge is 0.465 e. The van der Waals surface area contributed by atoms with E-state index >= 15 is 0 Å². The molecular formula is C25H28N6O5. The number of amides is 1. The average Bonchev–Trinajstić information content (AvgIpc) is 3.39. The molecule has 0 aliphatic heterocycles. The number of hydrogen-bond acceptors (Lipinski definition) is 7. The van der Waals surface area contributed by atoms with Crippen LogP contribution in [0.25, 0.3) is 22.3 Å². The van der Waals surface area contributed by atoms with Gasteiger partial charge < -0.3 is 19.5 Å². The molecule has 1 aromatic carbocycles. The fraction of sp³-hybridized carbons (Fsp3) is 0.320. The summed E-state index contributed by atoms with van der Waals surface area (Å²) in [5.41, 5.74) is 3.09. The molecule has 3 aromatic heterocycles. The third-order valence-corrected chi connectivity index (χ3v) is 5.86. The molecule has 0 aliphatic rings. The second kappa shape index (κ2) is 10.6. The zero-order valence-electron chi connectivity index (χ0n) is 20.4. The van der Waals surface area contributed by atoms with Gasteiger partial charge in [0.15, 0.2) is 0 Å². The molecular weight excluding hydrogens is 464 g/mol. The van der Waals surface area contributed by atoms with Crippen molar-refractivity contribution < 1.29 is 19.4 Å². The first kappa shape index (κ1) is 24.9. The zero-order chi connectivity index (χ0) is 25.8. The number of nitrogens with zero attached hydrogens (tertiary/aromatic N) is 4. The number of benzene rings is 1. The summed E-state index contributed by atoms with van der Waals surface area (Å²) in [5.74, 6) is -0.546. The van der Waals surface area contributed by atoms with Crippen LogP contribution in [0.15, 0.2) is 41.3 Å². The first-order valence-corrected chi connectivity index (χ1v) is 11.6. The summed E-state index contributed by atoms with van der Waals surface area (Å²) in [6.45, 7) is 2.38. The lowest BCUT2D eigenvalue weighted by Gasteiger charge is -2.11. The Bertz CT molecular complexity index is 1480. The zero-order valence-corrected chi connectivity index (χ0v) is 20.4. The van der Waals surface area contributed by atoms with Crippen molar-refractivity contribution in [2.24, 2.45) is 7.05 Å². The van der Waals surface area contributed by atoms with Crippen LogP contribution in [0.4, 0.5) is 5.95 Å². The Morgan fingerprint density at radius 2 is 1.92 bits per heavy atom. The molecule has 11 heteroatoms. The molecule has 1 amide bonds. The molecule has 4 aromatic rings. The Balaban J connectivity index is 1.69. The topological polar surface area (TPSA) is 144 Å².